The standard InChI is InChI=1S/C32H54N8.Fe/c1-2-10-18-17(9-1)25-33-26(18)38-28-21-13-5-6-14-22(21)30(35-28)40-32-24-16-8-7-15-23(24)31(36-32)39-29-20-12-4-3-11-19(20)27(34-29)37-25;/h17-33,36-40H,1-16H2;/q-2;+2. The van der Waals surface area contributed by atoms with E-state index in [1.54, 1.807) is 0 Å². The van der Waals surface area contributed by atoms with E-state index in [0.717, 1.165) is 0 Å². The first kappa shape index (κ1) is 28.7. The van der Waals surface area contributed by atoms with Crippen LogP contribution in [0, 0.1) is 47.3 Å². The van der Waals surface area contributed by atoms with Gasteiger partial charge in [-0.1, -0.05) is 102 Å². The third-order valence-corrected chi connectivity index (χ3v) is 13.6. The summed E-state index contributed by atoms with van der Waals surface area (Å²) in [6.07, 6.45) is 24.5. The maximum atomic E-state index is 5.61. The van der Waals surface area contributed by atoms with Crippen molar-refractivity contribution >= 4 is 0 Å². The first-order chi connectivity index (χ1) is 19.8. The molecule has 0 radical (unpaired) electrons. The maximum Gasteiger partial charge on any atom is 2.00 e. The summed E-state index contributed by atoms with van der Waals surface area (Å²) in [7, 11) is 0. The Morgan fingerprint density at radius 1 is 0.293 bits per heavy atom. The summed E-state index contributed by atoms with van der Waals surface area (Å²) >= 11 is 0. The third kappa shape index (κ3) is 5.01. The van der Waals surface area contributed by atoms with Crippen molar-refractivity contribution in [2.24, 2.45) is 47.3 Å². The fraction of sp³-hybridized carbons (Fsp3) is 1.00. The molecule has 9 aliphatic rings. The predicted molar refractivity (Wildman–Crippen MR) is 158 cm³/mol. The van der Waals surface area contributed by atoms with Crippen LogP contribution >= 0.6 is 0 Å². The summed E-state index contributed by atoms with van der Waals surface area (Å²) in [4.78, 5) is 0. The summed E-state index contributed by atoms with van der Waals surface area (Å²) in [6, 6.07) is 0. The van der Waals surface area contributed by atoms with Crippen LogP contribution in [0.5, 0.6) is 0 Å². The molecule has 8 nitrogen and oxygen atoms in total. The minimum atomic E-state index is 0. The first-order valence-electron chi connectivity index (χ1n) is 17.8. The quantitative estimate of drug-likeness (QED) is 0.232. The van der Waals surface area contributed by atoms with E-state index in [2.05, 4.69) is 31.9 Å². The molecule has 6 N–H and O–H groups in total. The minimum absolute atomic E-state index is 0. The smallest absolute Gasteiger partial charge is 0.632 e. The van der Waals surface area contributed by atoms with Gasteiger partial charge in [-0.3, -0.25) is 10.6 Å². The average molecular weight is 607 g/mol. The van der Waals surface area contributed by atoms with Crippen molar-refractivity contribution in [1.29, 1.82) is 0 Å². The zero-order valence-electron chi connectivity index (χ0n) is 24.8. The van der Waals surface area contributed by atoms with Gasteiger partial charge in [-0.05, 0) is 73.0 Å². The second-order valence-corrected chi connectivity index (χ2v) is 15.4. The fourth-order valence-corrected chi connectivity index (χ4v) is 11.7. The molecule has 4 aliphatic carbocycles. The molecule has 0 aromatic rings. The first-order valence-corrected chi connectivity index (χ1v) is 17.8. The number of fused-ring (bicyclic) bond motifs is 20. The Balaban J connectivity index is 0.00000256. The molecule has 8 bridgehead atoms. The van der Waals surface area contributed by atoms with E-state index in [-0.39, 0.29) is 41.7 Å². The van der Waals surface area contributed by atoms with Gasteiger partial charge >= 0.3 is 17.1 Å². The van der Waals surface area contributed by atoms with E-state index < -0.39 is 0 Å². The van der Waals surface area contributed by atoms with Gasteiger partial charge in [-0.25, -0.2) is 0 Å². The Morgan fingerprint density at radius 2 is 0.512 bits per heavy atom. The molecular weight excluding hydrogens is 552 g/mol. The van der Waals surface area contributed by atoms with Gasteiger partial charge in [0.25, 0.3) is 0 Å². The summed E-state index contributed by atoms with van der Waals surface area (Å²) in [5, 5.41) is 36.3. The van der Waals surface area contributed by atoms with Crippen molar-refractivity contribution in [1.82, 2.24) is 31.9 Å². The van der Waals surface area contributed by atoms with Gasteiger partial charge in [0.1, 0.15) is 0 Å². The Morgan fingerprint density at radius 3 is 0.756 bits per heavy atom. The Kier molecular flexibility index (Phi) is 8.28. The molecule has 9 fully saturated rings. The number of hydrogen-bond acceptors (Lipinski definition) is 6. The molecule has 5 heterocycles. The van der Waals surface area contributed by atoms with Gasteiger partial charge in [0.15, 0.2) is 0 Å². The molecule has 0 aromatic carbocycles. The Labute approximate surface area is 258 Å². The summed E-state index contributed by atoms with van der Waals surface area (Å²) < 4.78 is 0. The van der Waals surface area contributed by atoms with E-state index in [4.69, 9.17) is 10.6 Å². The second-order valence-electron chi connectivity index (χ2n) is 15.4. The van der Waals surface area contributed by atoms with E-state index in [1.807, 2.05) is 0 Å². The van der Waals surface area contributed by atoms with Gasteiger partial charge < -0.3 is 31.9 Å². The summed E-state index contributed by atoms with van der Waals surface area (Å²) in [5.41, 5.74) is 0. The van der Waals surface area contributed by atoms with Crippen LogP contribution < -0.4 is 31.9 Å². The molecule has 9 heteroatoms. The van der Waals surface area contributed by atoms with Gasteiger partial charge in [0.2, 0.25) is 0 Å². The van der Waals surface area contributed by atoms with Crippen LogP contribution in [0.2, 0.25) is 0 Å². The minimum Gasteiger partial charge on any atom is -0.632 e. The average Bonchev–Trinajstić information content (AvgIpc) is 3.73. The van der Waals surface area contributed by atoms with Gasteiger partial charge in [0.05, 0.1) is 24.7 Å². The van der Waals surface area contributed by atoms with E-state index in [1.165, 1.54) is 103 Å². The van der Waals surface area contributed by atoms with Gasteiger partial charge in [-0.2, -0.15) is 0 Å². The Hall–Kier alpha value is 0.199. The van der Waals surface area contributed by atoms with Crippen molar-refractivity contribution in [3.8, 4) is 0 Å². The van der Waals surface area contributed by atoms with E-state index >= 15 is 0 Å². The molecule has 5 aliphatic heterocycles. The van der Waals surface area contributed by atoms with Crippen LogP contribution in [-0.2, 0) is 17.1 Å². The van der Waals surface area contributed by atoms with Gasteiger partial charge in [0, 0.05) is 0 Å². The number of hydrogen-bond donors (Lipinski definition) is 6. The SMILES string of the molecule is C1CCC2C3[N-]C(NC4NC(NC5[N-]C(NC6NC(N3)C3CCCCC63)C3CCCCC53)C3CCCCC43)C2C1.[Fe+2]. The Bertz CT molecular complexity index is 716. The normalized spacial score (nSPS) is 56.2. The molecule has 0 spiro atoms. The topological polar surface area (TPSA) is 100 Å². The molecule has 230 valence electrons. The van der Waals surface area contributed by atoms with Crippen LogP contribution in [0.1, 0.15) is 103 Å². The van der Waals surface area contributed by atoms with Crippen LogP contribution in [-0.4, -0.2) is 49.3 Å². The van der Waals surface area contributed by atoms with Crippen molar-refractivity contribution in [2.45, 2.75) is 152 Å². The molecule has 16 atom stereocenters. The second kappa shape index (κ2) is 11.8. The van der Waals surface area contributed by atoms with Gasteiger partial charge in [-0.15, -0.1) is 0 Å². The van der Waals surface area contributed by atoms with Crippen molar-refractivity contribution in [3.05, 3.63) is 10.6 Å². The largest absolute Gasteiger partial charge is 2.00 e. The van der Waals surface area contributed by atoms with E-state index in [0.29, 0.717) is 72.0 Å². The number of rotatable bonds is 0. The zero-order valence-corrected chi connectivity index (χ0v) is 25.9. The zero-order chi connectivity index (χ0) is 26.2. The number of nitrogens with one attached hydrogen (secondary N) is 6. The van der Waals surface area contributed by atoms with Crippen molar-refractivity contribution in [3.63, 3.8) is 0 Å². The molecule has 41 heavy (non-hydrogen) atoms. The molecule has 5 saturated heterocycles. The maximum absolute atomic E-state index is 5.61. The van der Waals surface area contributed by atoms with Crippen LogP contribution in [0.15, 0.2) is 0 Å². The van der Waals surface area contributed by atoms with E-state index in [9.17, 15) is 0 Å². The monoisotopic (exact) mass is 606 g/mol. The summed E-state index contributed by atoms with van der Waals surface area (Å²) in [6.45, 7) is 0. The molecular formula is C32H54FeN8. The molecule has 0 aromatic heterocycles. The number of nitrogens with zero attached hydrogens (tertiary/aromatic N) is 2. The predicted octanol–water partition coefficient (Wildman–Crippen LogP) is 4.17. The van der Waals surface area contributed by atoms with Crippen LogP contribution in [0.4, 0.5) is 0 Å². The van der Waals surface area contributed by atoms with Crippen molar-refractivity contribution < 1.29 is 17.1 Å². The third-order valence-electron chi connectivity index (χ3n) is 13.6. The molecule has 9 rings (SSSR count). The van der Waals surface area contributed by atoms with Crippen molar-refractivity contribution in [2.75, 3.05) is 0 Å². The van der Waals surface area contributed by atoms with Crippen LogP contribution in [0.25, 0.3) is 10.6 Å². The molecule has 4 saturated carbocycles. The molecule has 0 amide bonds. The summed E-state index contributed by atoms with van der Waals surface area (Å²) in [5.74, 6) is 5.59. The molecule has 16 unspecified atom stereocenters. The fourth-order valence-electron chi connectivity index (χ4n) is 11.7. The van der Waals surface area contributed by atoms with Crippen LogP contribution in [0.3, 0.4) is 0 Å².